The lowest BCUT2D eigenvalue weighted by Crippen LogP contribution is -2.16. The van der Waals surface area contributed by atoms with Crippen molar-refractivity contribution in [3.8, 4) is 5.75 Å². The molecule has 25 heavy (non-hydrogen) atoms. The third-order valence-corrected chi connectivity index (χ3v) is 3.59. The van der Waals surface area contributed by atoms with Gasteiger partial charge in [-0.25, -0.2) is 0 Å². The van der Waals surface area contributed by atoms with Crippen molar-refractivity contribution in [3.63, 3.8) is 0 Å². The van der Waals surface area contributed by atoms with Crippen LogP contribution in [0.5, 0.6) is 5.75 Å². The lowest BCUT2D eigenvalue weighted by Gasteiger charge is -2.12. The zero-order valence-electron chi connectivity index (χ0n) is 14.9. The summed E-state index contributed by atoms with van der Waals surface area (Å²) in [4.78, 5) is 12.6. The van der Waals surface area contributed by atoms with Gasteiger partial charge in [0.25, 0.3) is 5.91 Å². The average Bonchev–Trinajstić information content (AvgIpc) is 2.64. The Labute approximate surface area is 149 Å². The van der Waals surface area contributed by atoms with Gasteiger partial charge in [-0.05, 0) is 43.3 Å². The molecule has 0 radical (unpaired) electrons. The summed E-state index contributed by atoms with van der Waals surface area (Å²) in [7, 11) is 0. The van der Waals surface area contributed by atoms with Gasteiger partial charge >= 0.3 is 0 Å². The van der Waals surface area contributed by atoms with Crippen molar-refractivity contribution in [2.45, 2.75) is 20.4 Å². The van der Waals surface area contributed by atoms with Crippen LogP contribution in [-0.4, -0.2) is 32.3 Å². The van der Waals surface area contributed by atoms with Crippen LogP contribution in [0.15, 0.2) is 48.5 Å². The van der Waals surface area contributed by atoms with Gasteiger partial charge in [0, 0.05) is 18.8 Å². The topological polar surface area (TPSA) is 59.6 Å². The normalized spacial score (nSPS) is 10.5. The van der Waals surface area contributed by atoms with Crippen LogP contribution in [0.2, 0.25) is 0 Å². The van der Waals surface area contributed by atoms with Gasteiger partial charge in [0.05, 0.1) is 12.2 Å². The van der Waals surface area contributed by atoms with Crippen molar-refractivity contribution in [1.82, 2.24) is 5.32 Å². The van der Waals surface area contributed by atoms with E-state index in [0.717, 1.165) is 24.3 Å². The Morgan fingerprint density at radius 1 is 1.04 bits per heavy atom. The smallest absolute Gasteiger partial charge is 0.259 e. The molecule has 0 aliphatic carbocycles. The highest BCUT2D eigenvalue weighted by molar-refractivity contribution is 6.06. The lowest BCUT2D eigenvalue weighted by atomic mass is 10.1. The fraction of sp³-hybridized carbons (Fsp3) is 0.350. The number of hydrogen-bond donors (Lipinski definition) is 2. The molecule has 0 saturated carbocycles. The van der Waals surface area contributed by atoms with E-state index in [-0.39, 0.29) is 5.91 Å². The van der Waals surface area contributed by atoms with Crippen LogP contribution in [0, 0.1) is 0 Å². The maximum atomic E-state index is 12.6. The Hall–Kier alpha value is -2.37. The zero-order valence-corrected chi connectivity index (χ0v) is 14.9. The molecular weight excluding hydrogens is 316 g/mol. The van der Waals surface area contributed by atoms with Crippen molar-refractivity contribution >= 4 is 11.6 Å². The number of nitrogens with one attached hydrogen (secondary N) is 2. The molecule has 0 unspecified atom stereocenters. The molecule has 2 aromatic carbocycles. The van der Waals surface area contributed by atoms with Crippen molar-refractivity contribution in [3.05, 3.63) is 59.7 Å². The summed E-state index contributed by atoms with van der Waals surface area (Å²) in [5.74, 6) is 0.371. The van der Waals surface area contributed by atoms with Crippen LogP contribution < -0.4 is 15.4 Å². The summed E-state index contributed by atoms with van der Waals surface area (Å²) < 4.78 is 10.9. The van der Waals surface area contributed by atoms with Gasteiger partial charge in [-0.2, -0.15) is 0 Å². The van der Waals surface area contributed by atoms with Crippen LogP contribution in [-0.2, 0) is 11.3 Å². The van der Waals surface area contributed by atoms with Crippen LogP contribution in [0.4, 0.5) is 5.69 Å². The van der Waals surface area contributed by atoms with Gasteiger partial charge in [-0.3, -0.25) is 4.79 Å². The summed E-state index contributed by atoms with van der Waals surface area (Å²) in [5, 5.41) is 6.21. The van der Waals surface area contributed by atoms with Gasteiger partial charge < -0.3 is 20.1 Å². The standard InChI is InChI=1S/C20H26N2O3/c1-3-21-15-16-8-7-9-17(14-16)22-20(23)18-10-5-6-11-19(18)25-13-12-24-4-2/h5-11,14,21H,3-4,12-13,15H2,1-2H3,(H,22,23). The third-order valence-electron chi connectivity index (χ3n) is 3.59. The highest BCUT2D eigenvalue weighted by Crippen LogP contribution is 2.20. The van der Waals surface area contributed by atoms with E-state index in [4.69, 9.17) is 9.47 Å². The second kappa shape index (κ2) is 10.5. The van der Waals surface area contributed by atoms with E-state index in [1.807, 2.05) is 43.3 Å². The first-order valence-corrected chi connectivity index (χ1v) is 8.65. The summed E-state index contributed by atoms with van der Waals surface area (Å²) in [6.45, 7) is 7.24. The average molecular weight is 342 g/mol. The number of anilines is 1. The van der Waals surface area contributed by atoms with Crippen molar-refractivity contribution in [2.75, 3.05) is 31.7 Å². The third kappa shape index (κ3) is 6.21. The van der Waals surface area contributed by atoms with E-state index >= 15 is 0 Å². The summed E-state index contributed by atoms with van der Waals surface area (Å²) >= 11 is 0. The molecule has 0 spiro atoms. The zero-order chi connectivity index (χ0) is 17.9. The molecule has 2 rings (SSSR count). The number of ether oxygens (including phenoxy) is 2. The molecule has 5 heteroatoms. The molecule has 5 nitrogen and oxygen atoms in total. The molecule has 0 atom stereocenters. The monoisotopic (exact) mass is 342 g/mol. The molecule has 0 saturated heterocycles. The van der Waals surface area contributed by atoms with Crippen LogP contribution >= 0.6 is 0 Å². The van der Waals surface area contributed by atoms with E-state index in [9.17, 15) is 4.79 Å². The lowest BCUT2D eigenvalue weighted by molar-refractivity contribution is 0.0998. The molecule has 0 aliphatic rings. The molecule has 0 heterocycles. The minimum Gasteiger partial charge on any atom is -0.490 e. The summed E-state index contributed by atoms with van der Waals surface area (Å²) in [6, 6.07) is 15.0. The van der Waals surface area contributed by atoms with Crippen molar-refractivity contribution < 1.29 is 14.3 Å². The highest BCUT2D eigenvalue weighted by atomic mass is 16.5. The van der Waals surface area contributed by atoms with Gasteiger partial charge in [0.15, 0.2) is 0 Å². The molecule has 0 fully saturated rings. The molecule has 0 aromatic heterocycles. The second-order valence-corrected chi connectivity index (χ2v) is 5.48. The number of benzene rings is 2. The fourth-order valence-corrected chi connectivity index (χ4v) is 2.36. The molecule has 2 N–H and O–H groups in total. The Kier molecular flexibility index (Phi) is 7.95. The largest absolute Gasteiger partial charge is 0.490 e. The van der Waals surface area contributed by atoms with Gasteiger partial charge in [0.2, 0.25) is 0 Å². The van der Waals surface area contributed by atoms with E-state index in [1.165, 1.54) is 0 Å². The summed E-state index contributed by atoms with van der Waals surface area (Å²) in [6.07, 6.45) is 0. The Morgan fingerprint density at radius 2 is 1.88 bits per heavy atom. The van der Waals surface area contributed by atoms with Crippen molar-refractivity contribution in [1.29, 1.82) is 0 Å². The minimum atomic E-state index is -0.187. The highest BCUT2D eigenvalue weighted by Gasteiger charge is 2.12. The molecule has 0 bridgehead atoms. The van der Waals surface area contributed by atoms with E-state index in [0.29, 0.717) is 31.1 Å². The van der Waals surface area contributed by atoms with E-state index < -0.39 is 0 Å². The van der Waals surface area contributed by atoms with E-state index in [1.54, 1.807) is 12.1 Å². The maximum absolute atomic E-state index is 12.6. The van der Waals surface area contributed by atoms with E-state index in [2.05, 4.69) is 17.6 Å². The van der Waals surface area contributed by atoms with Gasteiger partial charge in [-0.15, -0.1) is 0 Å². The van der Waals surface area contributed by atoms with Crippen molar-refractivity contribution in [2.24, 2.45) is 0 Å². The summed E-state index contributed by atoms with van der Waals surface area (Å²) in [5.41, 5.74) is 2.40. The number of para-hydroxylation sites is 1. The first kappa shape index (κ1) is 19.0. The number of rotatable bonds is 10. The fourth-order valence-electron chi connectivity index (χ4n) is 2.36. The molecule has 0 aliphatic heterocycles. The molecule has 1 amide bonds. The first-order chi connectivity index (χ1) is 12.2. The second-order valence-electron chi connectivity index (χ2n) is 5.48. The quantitative estimate of drug-likeness (QED) is 0.649. The Morgan fingerprint density at radius 3 is 2.68 bits per heavy atom. The number of amides is 1. The predicted octanol–water partition coefficient (Wildman–Crippen LogP) is 3.46. The van der Waals surface area contributed by atoms with Gasteiger partial charge in [-0.1, -0.05) is 31.2 Å². The predicted molar refractivity (Wildman–Crippen MR) is 100 cm³/mol. The SMILES string of the molecule is CCNCc1cccc(NC(=O)c2ccccc2OCCOCC)c1. The Balaban J connectivity index is 2.03. The number of hydrogen-bond acceptors (Lipinski definition) is 4. The Bertz CT molecular complexity index is 673. The minimum absolute atomic E-state index is 0.187. The molecular formula is C20H26N2O3. The number of carbonyl (C=O) groups excluding carboxylic acids is 1. The molecule has 134 valence electrons. The van der Waals surface area contributed by atoms with Crippen LogP contribution in [0.1, 0.15) is 29.8 Å². The van der Waals surface area contributed by atoms with Crippen LogP contribution in [0.25, 0.3) is 0 Å². The maximum Gasteiger partial charge on any atom is 0.259 e. The van der Waals surface area contributed by atoms with Crippen LogP contribution in [0.3, 0.4) is 0 Å². The molecule has 2 aromatic rings. The first-order valence-electron chi connectivity index (χ1n) is 8.65. The van der Waals surface area contributed by atoms with Gasteiger partial charge in [0.1, 0.15) is 12.4 Å². The number of carbonyl (C=O) groups is 1.